The molecular weight excluding hydrogens is 184 g/mol. The van der Waals surface area contributed by atoms with Crippen LogP contribution >= 0.6 is 0 Å². The van der Waals surface area contributed by atoms with Crippen LogP contribution in [0.5, 0.6) is 0 Å². The molecule has 0 amide bonds. The van der Waals surface area contributed by atoms with Crippen molar-refractivity contribution in [2.75, 3.05) is 13.1 Å². The highest BCUT2D eigenvalue weighted by atomic mass is 14.9. The van der Waals surface area contributed by atoms with Gasteiger partial charge >= 0.3 is 0 Å². The zero-order chi connectivity index (χ0) is 12.1. The summed E-state index contributed by atoms with van der Waals surface area (Å²) in [6, 6.07) is 2.32. The lowest BCUT2D eigenvalue weighted by Gasteiger charge is -2.27. The van der Waals surface area contributed by atoms with Crippen LogP contribution in [-0.4, -0.2) is 13.1 Å². The molecule has 0 saturated heterocycles. The summed E-state index contributed by atoms with van der Waals surface area (Å²) in [5.41, 5.74) is 0.162. The highest BCUT2D eigenvalue weighted by Crippen LogP contribution is 2.24. The van der Waals surface area contributed by atoms with Gasteiger partial charge in [0.1, 0.15) is 0 Å². The molecule has 0 heterocycles. The summed E-state index contributed by atoms with van der Waals surface area (Å²) >= 11 is 0. The monoisotopic (exact) mass is 210 g/mol. The average Bonchev–Trinajstić information content (AvgIpc) is 2.10. The van der Waals surface area contributed by atoms with Crippen molar-refractivity contribution >= 4 is 0 Å². The molecule has 1 N–H and O–H groups in total. The van der Waals surface area contributed by atoms with Crippen molar-refractivity contribution in [2.45, 2.75) is 48.0 Å². The van der Waals surface area contributed by atoms with Crippen molar-refractivity contribution in [3.8, 4) is 6.07 Å². The molecule has 0 saturated carbocycles. The van der Waals surface area contributed by atoms with Crippen LogP contribution < -0.4 is 5.32 Å². The zero-order valence-electron chi connectivity index (χ0n) is 11.1. The van der Waals surface area contributed by atoms with Gasteiger partial charge in [0, 0.05) is 0 Å². The highest BCUT2D eigenvalue weighted by Gasteiger charge is 2.20. The van der Waals surface area contributed by atoms with Gasteiger partial charge in [0.15, 0.2) is 0 Å². The molecule has 88 valence electrons. The molecule has 0 aromatic rings. The molecule has 0 bridgehead atoms. The minimum Gasteiger partial charge on any atom is -0.316 e. The first-order valence-electron chi connectivity index (χ1n) is 5.81. The van der Waals surface area contributed by atoms with Crippen molar-refractivity contribution in [1.82, 2.24) is 5.32 Å². The molecule has 15 heavy (non-hydrogen) atoms. The summed E-state index contributed by atoms with van der Waals surface area (Å²) in [6.07, 6.45) is 0.917. The van der Waals surface area contributed by atoms with E-state index in [2.05, 4.69) is 39.1 Å². The molecular formula is C13H26N2. The second-order valence-corrected chi connectivity index (χ2v) is 6.22. The van der Waals surface area contributed by atoms with Crippen molar-refractivity contribution in [1.29, 1.82) is 5.26 Å². The third-order valence-corrected chi connectivity index (χ3v) is 3.16. The molecule has 1 atom stereocenters. The largest absolute Gasteiger partial charge is 0.316 e. The Hall–Kier alpha value is -0.550. The van der Waals surface area contributed by atoms with E-state index in [1.807, 2.05) is 13.8 Å². The highest BCUT2D eigenvalue weighted by molar-refractivity contribution is 4.91. The number of hydrogen-bond donors (Lipinski definition) is 1. The Labute approximate surface area is 95.1 Å². The Morgan fingerprint density at radius 3 is 2.13 bits per heavy atom. The third kappa shape index (κ3) is 6.52. The molecule has 0 aromatic heterocycles. The molecule has 0 aromatic carbocycles. The lowest BCUT2D eigenvalue weighted by Crippen LogP contribution is -2.31. The lowest BCUT2D eigenvalue weighted by molar-refractivity contribution is 0.250. The molecule has 0 aliphatic heterocycles. The number of nitriles is 1. The van der Waals surface area contributed by atoms with Gasteiger partial charge in [0.2, 0.25) is 0 Å². The normalized spacial score (nSPS) is 14.7. The molecule has 2 nitrogen and oxygen atoms in total. The van der Waals surface area contributed by atoms with Crippen molar-refractivity contribution in [3.63, 3.8) is 0 Å². The third-order valence-electron chi connectivity index (χ3n) is 3.16. The van der Waals surface area contributed by atoms with Gasteiger partial charge in [-0.3, -0.25) is 0 Å². The van der Waals surface area contributed by atoms with Gasteiger partial charge in [0.25, 0.3) is 0 Å². The predicted molar refractivity (Wildman–Crippen MR) is 65.5 cm³/mol. The summed E-state index contributed by atoms with van der Waals surface area (Å²) < 4.78 is 0. The van der Waals surface area contributed by atoms with Crippen LogP contribution in [0.15, 0.2) is 0 Å². The molecule has 0 rings (SSSR count). The van der Waals surface area contributed by atoms with Crippen LogP contribution in [0.25, 0.3) is 0 Å². The van der Waals surface area contributed by atoms with Gasteiger partial charge < -0.3 is 5.32 Å². The van der Waals surface area contributed by atoms with Crippen LogP contribution in [-0.2, 0) is 0 Å². The van der Waals surface area contributed by atoms with Gasteiger partial charge in [0.05, 0.1) is 11.5 Å². The van der Waals surface area contributed by atoms with E-state index in [4.69, 9.17) is 5.26 Å². The summed E-state index contributed by atoms with van der Waals surface area (Å²) in [4.78, 5) is 0. The maximum Gasteiger partial charge on any atom is 0.0684 e. The second-order valence-electron chi connectivity index (χ2n) is 6.22. The SMILES string of the molecule is CC(CNCCC(C)(C)C#N)C(C)(C)C. The number of nitrogens with zero attached hydrogens (tertiary/aromatic N) is 1. The Bertz CT molecular complexity index is 218. The van der Waals surface area contributed by atoms with E-state index >= 15 is 0 Å². The fourth-order valence-corrected chi connectivity index (χ4v) is 1.08. The van der Waals surface area contributed by atoms with Crippen molar-refractivity contribution in [3.05, 3.63) is 0 Å². The van der Waals surface area contributed by atoms with E-state index in [1.165, 1.54) is 0 Å². The van der Waals surface area contributed by atoms with Crippen LogP contribution in [0.2, 0.25) is 0 Å². The second kappa shape index (κ2) is 5.51. The Morgan fingerprint density at radius 2 is 1.73 bits per heavy atom. The quantitative estimate of drug-likeness (QED) is 0.707. The fraction of sp³-hybridized carbons (Fsp3) is 0.923. The van der Waals surface area contributed by atoms with Crippen molar-refractivity contribution < 1.29 is 0 Å². The average molecular weight is 210 g/mol. The first-order chi connectivity index (χ1) is 6.69. The zero-order valence-corrected chi connectivity index (χ0v) is 11.1. The maximum absolute atomic E-state index is 8.85. The van der Waals surface area contributed by atoms with E-state index in [1.54, 1.807) is 0 Å². The first kappa shape index (κ1) is 14.5. The fourth-order valence-electron chi connectivity index (χ4n) is 1.08. The van der Waals surface area contributed by atoms with Gasteiger partial charge in [-0.05, 0) is 44.7 Å². The smallest absolute Gasteiger partial charge is 0.0684 e. The van der Waals surface area contributed by atoms with Gasteiger partial charge in [-0.1, -0.05) is 27.7 Å². The van der Waals surface area contributed by atoms with Crippen LogP contribution in [0, 0.1) is 28.1 Å². The Morgan fingerprint density at radius 1 is 1.20 bits per heavy atom. The van der Waals surface area contributed by atoms with Crippen LogP contribution in [0.1, 0.15) is 48.0 Å². The Balaban J connectivity index is 3.70. The molecule has 0 radical (unpaired) electrons. The minimum absolute atomic E-state index is 0.196. The summed E-state index contributed by atoms with van der Waals surface area (Å²) in [5, 5.41) is 12.3. The topological polar surface area (TPSA) is 35.8 Å². The van der Waals surface area contributed by atoms with E-state index in [0.717, 1.165) is 19.5 Å². The van der Waals surface area contributed by atoms with Crippen molar-refractivity contribution in [2.24, 2.45) is 16.7 Å². The van der Waals surface area contributed by atoms with E-state index in [9.17, 15) is 0 Å². The van der Waals surface area contributed by atoms with E-state index in [-0.39, 0.29) is 5.41 Å². The van der Waals surface area contributed by atoms with Crippen LogP contribution in [0.3, 0.4) is 0 Å². The summed E-state index contributed by atoms with van der Waals surface area (Å²) in [7, 11) is 0. The summed E-state index contributed by atoms with van der Waals surface area (Å²) in [6.45, 7) is 15.0. The molecule has 0 fully saturated rings. The van der Waals surface area contributed by atoms with Crippen LogP contribution in [0.4, 0.5) is 0 Å². The summed E-state index contributed by atoms with van der Waals surface area (Å²) in [5.74, 6) is 0.655. The molecule has 0 aliphatic carbocycles. The number of hydrogen-bond acceptors (Lipinski definition) is 2. The molecule has 0 spiro atoms. The molecule has 0 aliphatic rings. The predicted octanol–water partition coefficient (Wildman–Crippen LogP) is 3.20. The van der Waals surface area contributed by atoms with Gasteiger partial charge in [-0.25, -0.2) is 0 Å². The van der Waals surface area contributed by atoms with Gasteiger partial charge in [-0.15, -0.1) is 0 Å². The first-order valence-corrected chi connectivity index (χ1v) is 5.81. The molecule has 1 unspecified atom stereocenters. The van der Waals surface area contributed by atoms with Gasteiger partial charge in [-0.2, -0.15) is 5.26 Å². The number of nitrogens with one attached hydrogen (secondary N) is 1. The van der Waals surface area contributed by atoms with E-state index < -0.39 is 0 Å². The lowest BCUT2D eigenvalue weighted by atomic mass is 9.82. The standard InChI is InChI=1S/C13H26N2/c1-11(12(2,3)4)9-15-8-7-13(5,6)10-14/h11,15H,7-9H2,1-6H3. The molecule has 2 heteroatoms. The number of rotatable bonds is 5. The van der Waals surface area contributed by atoms with E-state index in [0.29, 0.717) is 11.3 Å². The minimum atomic E-state index is -0.196. The maximum atomic E-state index is 8.85. The Kier molecular flexibility index (Phi) is 5.31.